The van der Waals surface area contributed by atoms with Gasteiger partial charge in [0.05, 0.1) is 13.0 Å². The van der Waals surface area contributed by atoms with Crippen LogP contribution in [-0.2, 0) is 30.3 Å². The molecule has 242 valence electrons. The highest BCUT2D eigenvalue weighted by Crippen LogP contribution is 2.30. The maximum atomic E-state index is 14.6. The van der Waals surface area contributed by atoms with Gasteiger partial charge in [-0.25, -0.2) is 4.79 Å². The normalized spacial score (nSPS) is 13.4. The summed E-state index contributed by atoms with van der Waals surface area (Å²) in [6.07, 6.45) is 0.725. The van der Waals surface area contributed by atoms with Gasteiger partial charge in [0.25, 0.3) is 0 Å². The number of amides is 3. The molecule has 10 nitrogen and oxygen atoms in total. The van der Waals surface area contributed by atoms with Gasteiger partial charge in [0, 0.05) is 19.0 Å². The Morgan fingerprint density at radius 2 is 1.64 bits per heavy atom. The van der Waals surface area contributed by atoms with Gasteiger partial charge in [-0.05, 0) is 76.6 Å². The van der Waals surface area contributed by atoms with Crippen LogP contribution in [0.25, 0.3) is 0 Å². The highest BCUT2D eigenvalue weighted by molar-refractivity contribution is 5.92. The Bertz CT molecular complexity index is 1230. The second-order valence-corrected chi connectivity index (χ2v) is 12.3. The lowest BCUT2D eigenvalue weighted by atomic mass is 9.95. The maximum absolute atomic E-state index is 14.6. The van der Waals surface area contributed by atoms with E-state index in [0.29, 0.717) is 17.9 Å². The minimum absolute atomic E-state index is 0.00100. The fourth-order valence-corrected chi connectivity index (χ4v) is 4.74. The van der Waals surface area contributed by atoms with Crippen LogP contribution in [0.4, 0.5) is 4.79 Å². The minimum atomic E-state index is -1.17. The second-order valence-electron chi connectivity index (χ2n) is 12.3. The molecule has 0 bridgehead atoms. The van der Waals surface area contributed by atoms with Gasteiger partial charge in [-0.1, -0.05) is 56.3 Å². The summed E-state index contributed by atoms with van der Waals surface area (Å²) in [5.41, 5.74) is 0.404. The highest BCUT2D eigenvalue weighted by Gasteiger charge is 2.39. The standard InChI is InChI=1S/C34H49N3O7/c1-8-43-29(39)19-20-35-31(40)30(26-15-12-16-27(38)22-26)37(24(4)18-17-23(2)3)32(41)28(21-25-13-10-9-11-14-25)36-33(42)44-34(5,6)7/h9-16,22-24,28,30,38H,8,17-21H2,1-7H3,(H,35,40)(H,36,42). The van der Waals surface area contributed by atoms with Crippen LogP contribution in [-0.4, -0.2) is 64.7 Å². The van der Waals surface area contributed by atoms with Crippen molar-refractivity contribution in [1.82, 2.24) is 15.5 Å². The molecular formula is C34H49N3O7. The summed E-state index contributed by atoms with van der Waals surface area (Å²) in [5, 5.41) is 15.9. The molecule has 0 saturated heterocycles. The molecule has 0 aliphatic carbocycles. The van der Waals surface area contributed by atoms with Crippen LogP contribution in [0.2, 0.25) is 0 Å². The number of carbonyl (C=O) groups excluding carboxylic acids is 4. The number of phenols is 1. The van der Waals surface area contributed by atoms with E-state index in [4.69, 9.17) is 9.47 Å². The number of nitrogens with zero attached hydrogens (tertiary/aromatic N) is 1. The van der Waals surface area contributed by atoms with Crippen molar-refractivity contribution in [2.45, 2.75) is 97.9 Å². The summed E-state index contributed by atoms with van der Waals surface area (Å²) in [7, 11) is 0. The van der Waals surface area contributed by atoms with Crippen LogP contribution in [0.3, 0.4) is 0 Å². The summed E-state index contributed by atoms with van der Waals surface area (Å²) < 4.78 is 10.5. The smallest absolute Gasteiger partial charge is 0.408 e. The molecule has 0 spiro atoms. The van der Waals surface area contributed by atoms with Gasteiger partial charge in [0.15, 0.2) is 0 Å². The van der Waals surface area contributed by atoms with Gasteiger partial charge < -0.3 is 30.1 Å². The van der Waals surface area contributed by atoms with Crippen LogP contribution < -0.4 is 10.6 Å². The molecule has 2 rings (SSSR count). The number of ether oxygens (including phenoxy) is 2. The molecule has 3 atom stereocenters. The predicted molar refractivity (Wildman–Crippen MR) is 169 cm³/mol. The van der Waals surface area contributed by atoms with Crippen molar-refractivity contribution in [3.63, 3.8) is 0 Å². The largest absolute Gasteiger partial charge is 0.508 e. The summed E-state index contributed by atoms with van der Waals surface area (Å²) in [4.78, 5) is 55.0. The average Bonchev–Trinajstić information content (AvgIpc) is 2.93. The maximum Gasteiger partial charge on any atom is 0.408 e. The number of alkyl carbamates (subject to hydrolysis) is 1. The van der Waals surface area contributed by atoms with Crippen molar-refractivity contribution >= 4 is 23.9 Å². The third kappa shape index (κ3) is 12.3. The van der Waals surface area contributed by atoms with Crippen molar-refractivity contribution in [3.8, 4) is 5.75 Å². The summed E-state index contributed by atoms with van der Waals surface area (Å²) in [5.74, 6) is -1.19. The minimum Gasteiger partial charge on any atom is -0.508 e. The van der Waals surface area contributed by atoms with Crippen LogP contribution in [0.5, 0.6) is 5.75 Å². The Hall–Kier alpha value is -4.08. The van der Waals surface area contributed by atoms with E-state index < -0.39 is 47.6 Å². The summed E-state index contributed by atoms with van der Waals surface area (Å²) >= 11 is 0. The number of benzene rings is 2. The Morgan fingerprint density at radius 1 is 0.955 bits per heavy atom. The number of carbonyl (C=O) groups is 4. The van der Waals surface area contributed by atoms with Crippen LogP contribution in [0.15, 0.2) is 54.6 Å². The molecule has 0 heterocycles. The molecule has 10 heteroatoms. The average molecular weight is 612 g/mol. The number of rotatable bonds is 15. The first-order valence-corrected chi connectivity index (χ1v) is 15.3. The third-order valence-electron chi connectivity index (χ3n) is 6.81. The monoisotopic (exact) mass is 611 g/mol. The second kappa shape index (κ2) is 17.3. The van der Waals surface area contributed by atoms with E-state index in [1.54, 1.807) is 39.8 Å². The fourth-order valence-electron chi connectivity index (χ4n) is 4.74. The topological polar surface area (TPSA) is 134 Å². The Balaban J connectivity index is 2.59. The van der Waals surface area contributed by atoms with Crippen molar-refractivity contribution in [1.29, 1.82) is 0 Å². The summed E-state index contributed by atoms with van der Waals surface area (Å²) in [6, 6.07) is 12.8. The number of aromatic hydroxyl groups is 1. The lowest BCUT2D eigenvalue weighted by Gasteiger charge is -2.39. The molecule has 0 saturated carbocycles. The zero-order chi connectivity index (χ0) is 32.9. The first kappa shape index (κ1) is 36.1. The van der Waals surface area contributed by atoms with E-state index in [2.05, 4.69) is 24.5 Å². The molecule has 2 aromatic carbocycles. The molecule has 3 amide bonds. The van der Waals surface area contributed by atoms with Gasteiger partial charge >= 0.3 is 12.1 Å². The van der Waals surface area contributed by atoms with Crippen molar-refractivity contribution in [2.24, 2.45) is 5.92 Å². The van der Waals surface area contributed by atoms with Crippen LogP contribution in [0, 0.1) is 5.92 Å². The lowest BCUT2D eigenvalue weighted by Crippen LogP contribution is -2.56. The molecule has 0 radical (unpaired) electrons. The zero-order valence-corrected chi connectivity index (χ0v) is 27.1. The number of hydrogen-bond donors (Lipinski definition) is 3. The number of esters is 1. The van der Waals surface area contributed by atoms with E-state index in [9.17, 15) is 24.3 Å². The number of hydrogen-bond acceptors (Lipinski definition) is 7. The van der Waals surface area contributed by atoms with E-state index in [1.807, 2.05) is 37.3 Å². The molecule has 3 unspecified atom stereocenters. The van der Waals surface area contributed by atoms with Gasteiger partial charge in [0.1, 0.15) is 23.4 Å². The number of phenolic OH excluding ortho intramolecular Hbond substituents is 1. The van der Waals surface area contributed by atoms with Crippen molar-refractivity contribution < 1.29 is 33.8 Å². The van der Waals surface area contributed by atoms with Gasteiger partial charge in [-0.3, -0.25) is 14.4 Å². The van der Waals surface area contributed by atoms with E-state index in [1.165, 1.54) is 17.0 Å². The zero-order valence-electron chi connectivity index (χ0n) is 27.1. The van der Waals surface area contributed by atoms with E-state index in [0.717, 1.165) is 12.0 Å². The molecule has 3 N–H and O–H groups in total. The fraction of sp³-hybridized carbons (Fsp3) is 0.529. The molecule has 44 heavy (non-hydrogen) atoms. The summed E-state index contributed by atoms with van der Waals surface area (Å²) in [6.45, 7) is 13.2. The van der Waals surface area contributed by atoms with Gasteiger partial charge in [-0.15, -0.1) is 0 Å². The molecule has 2 aromatic rings. The molecular weight excluding hydrogens is 562 g/mol. The van der Waals surface area contributed by atoms with Gasteiger partial charge in [0.2, 0.25) is 11.8 Å². The van der Waals surface area contributed by atoms with E-state index >= 15 is 0 Å². The van der Waals surface area contributed by atoms with Gasteiger partial charge in [-0.2, -0.15) is 0 Å². The SMILES string of the molecule is CCOC(=O)CCNC(=O)C(c1cccc(O)c1)N(C(=O)C(Cc1ccccc1)NC(=O)OC(C)(C)C)C(C)CCC(C)C. The molecule has 0 aliphatic heterocycles. The van der Waals surface area contributed by atoms with Crippen LogP contribution >= 0.6 is 0 Å². The highest BCUT2D eigenvalue weighted by atomic mass is 16.6. The van der Waals surface area contributed by atoms with Crippen molar-refractivity contribution in [3.05, 3.63) is 65.7 Å². The first-order valence-electron chi connectivity index (χ1n) is 15.3. The Labute approximate surface area is 261 Å². The molecule has 0 aliphatic rings. The first-order chi connectivity index (χ1) is 20.7. The van der Waals surface area contributed by atoms with Crippen molar-refractivity contribution in [2.75, 3.05) is 13.2 Å². The Kier molecular flexibility index (Phi) is 14.2. The third-order valence-corrected chi connectivity index (χ3v) is 6.81. The lowest BCUT2D eigenvalue weighted by molar-refractivity contribution is -0.146. The molecule has 0 aromatic heterocycles. The van der Waals surface area contributed by atoms with Crippen LogP contribution in [0.1, 0.15) is 84.9 Å². The molecule has 0 fully saturated rings. The predicted octanol–water partition coefficient (Wildman–Crippen LogP) is 5.29. The Morgan fingerprint density at radius 3 is 2.23 bits per heavy atom. The quantitative estimate of drug-likeness (QED) is 0.233. The van der Waals surface area contributed by atoms with E-state index in [-0.39, 0.29) is 31.7 Å². The number of nitrogens with one attached hydrogen (secondary N) is 2.